The summed E-state index contributed by atoms with van der Waals surface area (Å²) in [5.74, 6) is -0.612. The highest BCUT2D eigenvalue weighted by molar-refractivity contribution is 8.00. The van der Waals surface area contributed by atoms with Crippen LogP contribution in [-0.2, 0) is 4.79 Å². The summed E-state index contributed by atoms with van der Waals surface area (Å²) in [5.41, 5.74) is 7.79. The topological polar surface area (TPSA) is 88.9 Å². The van der Waals surface area contributed by atoms with Gasteiger partial charge in [-0.1, -0.05) is 24.3 Å². The third-order valence-corrected chi connectivity index (χ3v) is 5.07. The maximum atomic E-state index is 12.1. The smallest absolute Gasteiger partial charge is 0.272 e. The Balaban J connectivity index is 1.58. The maximum Gasteiger partial charge on any atom is 0.288 e. The minimum Gasteiger partial charge on any atom is -0.272 e. The van der Waals surface area contributed by atoms with Crippen molar-refractivity contribution in [3.63, 3.8) is 0 Å². The Labute approximate surface area is 161 Å². The van der Waals surface area contributed by atoms with Crippen LogP contribution in [0.25, 0.3) is 5.69 Å². The third kappa shape index (κ3) is 4.53. The highest BCUT2D eigenvalue weighted by Gasteiger charge is 2.15. The number of aromatic nitrogens is 3. The fraction of sp³-hybridized carbons (Fsp3) is 0.158. The van der Waals surface area contributed by atoms with Crippen LogP contribution in [-0.4, -0.2) is 32.3 Å². The molecule has 27 heavy (non-hydrogen) atoms. The zero-order valence-corrected chi connectivity index (χ0v) is 15.8. The molecule has 138 valence electrons. The molecule has 0 saturated carbocycles. The Morgan fingerprint density at radius 1 is 1.04 bits per heavy atom. The fourth-order valence-corrected chi connectivity index (χ4v) is 3.41. The van der Waals surface area contributed by atoms with Crippen molar-refractivity contribution in [3.05, 3.63) is 71.8 Å². The van der Waals surface area contributed by atoms with Crippen LogP contribution in [0.5, 0.6) is 0 Å². The van der Waals surface area contributed by atoms with E-state index in [2.05, 4.69) is 20.9 Å². The standard InChI is InChI=1S/C19H19N5O2S/c1-13-18(14(2)24(23-13)15-8-4-3-5-9-15)27-12-17(25)21-22-19(26)16-10-6-7-11-20-16/h3-11H,12H2,1-2H3,(H,21,25)(H,22,26). The summed E-state index contributed by atoms with van der Waals surface area (Å²) in [7, 11) is 0. The van der Waals surface area contributed by atoms with Crippen LogP contribution in [0.1, 0.15) is 21.9 Å². The van der Waals surface area contributed by atoms with Crippen LogP contribution in [0.4, 0.5) is 0 Å². The number of benzene rings is 1. The zero-order chi connectivity index (χ0) is 19.2. The second-order valence-electron chi connectivity index (χ2n) is 5.75. The van der Waals surface area contributed by atoms with Gasteiger partial charge in [0.05, 0.1) is 27.7 Å². The molecule has 1 aromatic carbocycles. The molecule has 2 heterocycles. The average Bonchev–Trinajstić information content (AvgIpc) is 2.99. The lowest BCUT2D eigenvalue weighted by Gasteiger charge is -2.07. The molecule has 0 radical (unpaired) electrons. The molecular weight excluding hydrogens is 362 g/mol. The van der Waals surface area contributed by atoms with E-state index >= 15 is 0 Å². The molecule has 3 rings (SSSR count). The second kappa shape index (κ2) is 8.50. The molecule has 0 atom stereocenters. The number of carbonyl (C=O) groups excluding carboxylic acids is 2. The van der Waals surface area contributed by atoms with Gasteiger partial charge in [0.2, 0.25) is 5.91 Å². The van der Waals surface area contributed by atoms with Crippen molar-refractivity contribution in [3.8, 4) is 5.69 Å². The molecule has 2 amide bonds. The van der Waals surface area contributed by atoms with Gasteiger partial charge < -0.3 is 0 Å². The molecule has 8 heteroatoms. The van der Waals surface area contributed by atoms with Crippen LogP contribution in [0.2, 0.25) is 0 Å². The van der Waals surface area contributed by atoms with Gasteiger partial charge >= 0.3 is 0 Å². The van der Waals surface area contributed by atoms with Crippen molar-refractivity contribution < 1.29 is 9.59 Å². The van der Waals surface area contributed by atoms with Gasteiger partial charge in [0, 0.05) is 6.20 Å². The number of nitrogens with zero attached hydrogens (tertiary/aromatic N) is 3. The number of hydrogen-bond donors (Lipinski definition) is 2. The summed E-state index contributed by atoms with van der Waals surface area (Å²) in [6.45, 7) is 3.88. The molecule has 2 N–H and O–H groups in total. The molecule has 7 nitrogen and oxygen atoms in total. The molecule has 0 spiro atoms. The molecular formula is C19H19N5O2S. The molecule has 0 unspecified atom stereocenters. The monoisotopic (exact) mass is 381 g/mol. The molecule has 3 aromatic rings. The normalized spacial score (nSPS) is 10.4. The average molecular weight is 381 g/mol. The summed E-state index contributed by atoms with van der Waals surface area (Å²) in [6, 6.07) is 14.8. The van der Waals surface area contributed by atoms with Gasteiger partial charge in [-0.15, -0.1) is 11.8 Å². The molecule has 0 bridgehead atoms. The summed E-state index contributed by atoms with van der Waals surface area (Å²) < 4.78 is 1.86. The second-order valence-corrected chi connectivity index (χ2v) is 6.74. The first-order chi connectivity index (χ1) is 13.1. The first kappa shape index (κ1) is 18.7. The van der Waals surface area contributed by atoms with E-state index in [-0.39, 0.29) is 17.4 Å². The predicted octanol–water partition coefficient (Wildman–Crippen LogP) is 2.44. The Kier molecular flexibility index (Phi) is 5.87. The highest BCUT2D eigenvalue weighted by Crippen LogP contribution is 2.27. The van der Waals surface area contributed by atoms with E-state index in [1.54, 1.807) is 18.2 Å². The number of nitrogens with one attached hydrogen (secondary N) is 2. The van der Waals surface area contributed by atoms with Gasteiger partial charge in [0.1, 0.15) is 5.69 Å². The summed E-state index contributed by atoms with van der Waals surface area (Å²) in [5, 5.41) is 4.56. The number of rotatable bonds is 5. The summed E-state index contributed by atoms with van der Waals surface area (Å²) >= 11 is 1.38. The van der Waals surface area contributed by atoms with Crippen molar-refractivity contribution in [1.82, 2.24) is 25.6 Å². The van der Waals surface area contributed by atoms with E-state index in [4.69, 9.17) is 0 Å². The lowest BCUT2D eigenvalue weighted by Crippen LogP contribution is -2.42. The Hall–Kier alpha value is -3.13. The van der Waals surface area contributed by atoms with Gasteiger partial charge in [-0.05, 0) is 38.1 Å². The highest BCUT2D eigenvalue weighted by atomic mass is 32.2. The van der Waals surface area contributed by atoms with Crippen LogP contribution < -0.4 is 10.9 Å². The van der Waals surface area contributed by atoms with Gasteiger partial charge in [-0.3, -0.25) is 25.4 Å². The number of pyridine rings is 1. The SMILES string of the molecule is Cc1nn(-c2ccccc2)c(C)c1SCC(=O)NNC(=O)c1ccccn1. The molecule has 0 fully saturated rings. The number of carbonyl (C=O) groups is 2. The van der Waals surface area contributed by atoms with Crippen molar-refractivity contribution in [2.45, 2.75) is 18.7 Å². The van der Waals surface area contributed by atoms with Gasteiger partial charge in [-0.2, -0.15) is 5.10 Å². The number of hydrazine groups is 1. The van der Waals surface area contributed by atoms with Gasteiger partial charge in [0.25, 0.3) is 5.91 Å². The summed E-state index contributed by atoms with van der Waals surface area (Å²) in [4.78, 5) is 28.8. The molecule has 0 aliphatic heterocycles. The van der Waals surface area contributed by atoms with Gasteiger partial charge in [0.15, 0.2) is 0 Å². The van der Waals surface area contributed by atoms with E-state index in [1.807, 2.05) is 48.9 Å². The predicted molar refractivity (Wildman–Crippen MR) is 104 cm³/mol. The number of hydrogen-bond acceptors (Lipinski definition) is 5. The van der Waals surface area contributed by atoms with Crippen molar-refractivity contribution in [2.75, 3.05) is 5.75 Å². The third-order valence-electron chi connectivity index (χ3n) is 3.79. The Morgan fingerprint density at radius 2 is 1.78 bits per heavy atom. The molecule has 0 aliphatic carbocycles. The van der Waals surface area contributed by atoms with E-state index < -0.39 is 5.91 Å². The van der Waals surface area contributed by atoms with E-state index in [1.165, 1.54) is 18.0 Å². The number of para-hydroxylation sites is 1. The van der Waals surface area contributed by atoms with E-state index in [9.17, 15) is 9.59 Å². The van der Waals surface area contributed by atoms with Crippen LogP contribution in [0.15, 0.2) is 59.6 Å². The first-order valence-electron chi connectivity index (χ1n) is 8.31. The van der Waals surface area contributed by atoms with Crippen molar-refractivity contribution in [1.29, 1.82) is 0 Å². The molecule has 2 aromatic heterocycles. The Morgan fingerprint density at radius 3 is 2.48 bits per heavy atom. The lowest BCUT2D eigenvalue weighted by atomic mass is 10.3. The lowest BCUT2D eigenvalue weighted by molar-refractivity contribution is -0.119. The minimum absolute atomic E-state index is 0.157. The first-order valence-corrected chi connectivity index (χ1v) is 9.29. The summed E-state index contributed by atoms with van der Waals surface area (Å²) in [6.07, 6.45) is 1.52. The largest absolute Gasteiger partial charge is 0.288 e. The quantitative estimate of drug-likeness (QED) is 0.523. The van der Waals surface area contributed by atoms with E-state index in [0.717, 1.165) is 22.0 Å². The van der Waals surface area contributed by atoms with Crippen molar-refractivity contribution in [2.24, 2.45) is 0 Å². The Bertz CT molecular complexity index is 941. The van der Waals surface area contributed by atoms with Crippen LogP contribution >= 0.6 is 11.8 Å². The minimum atomic E-state index is -0.460. The molecule has 0 aliphatic rings. The van der Waals surface area contributed by atoms with Gasteiger partial charge in [-0.25, -0.2) is 4.68 Å². The van der Waals surface area contributed by atoms with Crippen LogP contribution in [0, 0.1) is 13.8 Å². The van der Waals surface area contributed by atoms with E-state index in [0.29, 0.717) is 0 Å². The number of aryl methyl sites for hydroxylation is 1. The zero-order valence-electron chi connectivity index (χ0n) is 15.0. The van der Waals surface area contributed by atoms with Crippen molar-refractivity contribution >= 4 is 23.6 Å². The van der Waals surface area contributed by atoms with Crippen LogP contribution in [0.3, 0.4) is 0 Å². The fourth-order valence-electron chi connectivity index (χ4n) is 2.52. The number of amides is 2. The maximum absolute atomic E-state index is 12.1. The molecule has 0 saturated heterocycles. The number of thioether (sulfide) groups is 1.